The number of hydrogen-bond acceptors (Lipinski definition) is 6. The topological polar surface area (TPSA) is 82.8 Å². The molecule has 1 saturated heterocycles. The van der Waals surface area contributed by atoms with Gasteiger partial charge in [0.1, 0.15) is 30.1 Å². The number of ether oxygens (including phenoxy) is 3. The highest BCUT2D eigenvalue weighted by atomic mass is 16.5. The Morgan fingerprint density at radius 3 is 2.96 bits per heavy atom. The van der Waals surface area contributed by atoms with Crippen molar-refractivity contribution in [3.63, 3.8) is 0 Å². The van der Waals surface area contributed by atoms with Crippen LogP contribution in [0, 0.1) is 0 Å². The molecule has 128 valence electrons. The number of esters is 1. The van der Waals surface area contributed by atoms with Crippen LogP contribution in [0.15, 0.2) is 24.8 Å². The SMILES string of the molecule is C=CCOc1c(C(=O)OC)ccc2c1nc(CO)n2C[C@@H]1CCO1. The van der Waals surface area contributed by atoms with Gasteiger partial charge in [0.25, 0.3) is 0 Å². The molecule has 1 aliphatic rings. The average Bonchev–Trinajstić information content (AvgIpc) is 2.93. The Hall–Kier alpha value is -2.38. The minimum atomic E-state index is -0.501. The van der Waals surface area contributed by atoms with Gasteiger partial charge in [0.15, 0.2) is 5.75 Å². The van der Waals surface area contributed by atoms with Crippen LogP contribution in [-0.4, -0.2) is 47.1 Å². The monoisotopic (exact) mass is 332 g/mol. The van der Waals surface area contributed by atoms with Crippen LogP contribution in [0.25, 0.3) is 11.0 Å². The lowest BCUT2D eigenvalue weighted by Gasteiger charge is -2.27. The summed E-state index contributed by atoms with van der Waals surface area (Å²) in [7, 11) is 1.31. The Labute approximate surface area is 139 Å². The molecule has 0 amide bonds. The van der Waals surface area contributed by atoms with Gasteiger partial charge in [0, 0.05) is 6.61 Å². The molecule has 1 atom stereocenters. The summed E-state index contributed by atoms with van der Waals surface area (Å²) in [5.41, 5.74) is 1.59. The second kappa shape index (κ2) is 7.02. The quantitative estimate of drug-likeness (QED) is 0.613. The first-order valence-electron chi connectivity index (χ1n) is 7.76. The van der Waals surface area contributed by atoms with Gasteiger partial charge in [-0.25, -0.2) is 9.78 Å². The van der Waals surface area contributed by atoms with Gasteiger partial charge in [-0.1, -0.05) is 12.7 Å². The van der Waals surface area contributed by atoms with Gasteiger partial charge in [0.05, 0.1) is 25.3 Å². The Morgan fingerprint density at radius 1 is 1.58 bits per heavy atom. The van der Waals surface area contributed by atoms with E-state index in [1.165, 1.54) is 7.11 Å². The van der Waals surface area contributed by atoms with E-state index < -0.39 is 5.97 Å². The highest BCUT2D eigenvalue weighted by Crippen LogP contribution is 2.32. The number of fused-ring (bicyclic) bond motifs is 1. The van der Waals surface area contributed by atoms with Gasteiger partial charge in [-0.05, 0) is 18.6 Å². The standard InChI is InChI=1S/C17H20N2O5/c1-3-7-24-16-12(17(21)22-2)4-5-13-15(16)18-14(10-20)19(13)9-11-6-8-23-11/h3-5,11,20H,1,6-10H2,2H3/t11-/m0/s1. The van der Waals surface area contributed by atoms with Crippen LogP contribution in [0.3, 0.4) is 0 Å². The van der Waals surface area contributed by atoms with Gasteiger partial charge in [-0.15, -0.1) is 0 Å². The molecular formula is C17H20N2O5. The van der Waals surface area contributed by atoms with E-state index in [9.17, 15) is 9.90 Å². The largest absolute Gasteiger partial charge is 0.486 e. The van der Waals surface area contributed by atoms with Crippen LogP contribution in [0.4, 0.5) is 0 Å². The Morgan fingerprint density at radius 2 is 2.38 bits per heavy atom. The summed E-state index contributed by atoms with van der Waals surface area (Å²) >= 11 is 0. The van der Waals surface area contributed by atoms with Gasteiger partial charge < -0.3 is 23.9 Å². The molecule has 1 N–H and O–H groups in total. The van der Waals surface area contributed by atoms with E-state index in [0.717, 1.165) is 18.5 Å². The molecule has 7 heteroatoms. The van der Waals surface area contributed by atoms with Crippen molar-refractivity contribution in [3.8, 4) is 5.75 Å². The van der Waals surface area contributed by atoms with E-state index in [2.05, 4.69) is 11.6 Å². The van der Waals surface area contributed by atoms with Crippen LogP contribution in [0.2, 0.25) is 0 Å². The highest BCUT2D eigenvalue weighted by Gasteiger charge is 2.25. The summed E-state index contributed by atoms with van der Waals surface area (Å²) in [6, 6.07) is 3.43. The summed E-state index contributed by atoms with van der Waals surface area (Å²) in [6.07, 6.45) is 2.68. The molecule has 24 heavy (non-hydrogen) atoms. The van der Waals surface area contributed by atoms with Gasteiger partial charge in [-0.2, -0.15) is 0 Å². The van der Waals surface area contributed by atoms with Crippen molar-refractivity contribution in [2.45, 2.75) is 25.7 Å². The lowest BCUT2D eigenvalue weighted by molar-refractivity contribution is -0.0593. The zero-order chi connectivity index (χ0) is 17.1. The average molecular weight is 332 g/mol. The first-order chi connectivity index (χ1) is 11.7. The third-order valence-corrected chi connectivity index (χ3v) is 4.03. The van der Waals surface area contributed by atoms with Crippen LogP contribution in [0.1, 0.15) is 22.6 Å². The molecule has 1 aliphatic heterocycles. The van der Waals surface area contributed by atoms with E-state index in [4.69, 9.17) is 14.2 Å². The zero-order valence-corrected chi connectivity index (χ0v) is 13.5. The molecule has 7 nitrogen and oxygen atoms in total. The number of rotatable bonds is 7. The maximum absolute atomic E-state index is 12.0. The summed E-state index contributed by atoms with van der Waals surface area (Å²) < 4.78 is 17.9. The number of imidazole rings is 1. The Balaban J connectivity index is 2.12. The third kappa shape index (κ3) is 2.88. The molecule has 1 aromatic heterocycles. The van der Waals surface area contributed by atoms with E-state index in [-0.39, 0.29) is 19.3 Å². The molecule has 0 radical (unpaired) electrons. The summed E-state index contributed by atoms with van der Waals surface area (Å²) in [5, 5.41) is 9.64. The number of aliphatic hydroxyl groups is 1. The number of benzene rings is 1. The fraction of sp³-hybridized carbons (Fsp3) is 0.412. The van der Waals surface area contributed by atoms with E-state index >= 15 is 0 Å². The lowest BCUT2D eigenvalue weighted by atomic mass is 10.1. The van der Waals surface area contributed by atoms with Gasteiger partial charge in [0.2, 0.25) is 0 Å². The van der Waals surface area contributed by atoms with Crippen molar-refractivity contribution in [3.05, 3.63) is 36.2 Å². The van der Waals surface area contributed by atoms with Crippen molar-refractivity contribution in [2.75, 3.05) is 20.3 Å². The molecule has 3 rings (SSSR count). The molecule has 2 aromatic rings. The van der Waals surface area contributed by atoms with Crippen molar-refractivity contribution < 1.29 is 24.1 Å². The van der Waals surface area contributed by atoms with Crippen molar-refractivity contribution in [1.82, 2.24) is 9.55 Å². The molecule has 1 aromatic carbocycles. The number of methoxy groups -OCH3 is 1. The van der Waals surface area contributed by atoms with Gasteiger partial charge >= 0.3 is 5.97 Å². The number of carbonyl (C=O) groups excluding carboxylic acids is 1. The Kier molecular flexibility index (Phi) is 4.82. The minimum Gasteiger partial charge on any atom is -0.486 e. The van der Waals surface area contributed by atoms with Crippen molar-refractivity contribution >= 4 is 17.0 Å². The fourth-order valence-corrected chi connectivity index (χ4v) is 2.73. The molecule has 0 saturated carbocycles. The van der Waals surface area contributed by atoms with E-state index in [1.807, 2.05) is 4.57 Å². The maximum Gasteiger partial charge on any atom is 0.341 e. The third-order valence-electron chi connectivity index (χ3n) is 4.03. The van der Waals surface area contributed by atoms with Crippen molar-refractivity contribution in [2.24, 2.45) is 0 Å². The van der Waals surface area contributed by atoms with Crippen LogP contribution >= 0.6 is 0 Å². The molecule has 2 heterocycles. The second-order valence-corrected chi connectivity index (χ2v) is 5.48. The molecular weight excluding hydrogens is 312 g/mol. The predicted molar refractivity (Wildman–Crippen MR) is 87.0 cm³/mol. The first kappa shape index (κ1) is 16.5. The van der Waals surface area contributed by atoms with E-state index in [1.54, 1.807) is 18.2 Å². The first-order valence-corrected chi connectivity index (χ1v) is 7.76. The molecule has 0 bridgehead atoms. The predicted octanol–water partition coefficient (Wildman–Crippen LogP) is 1.67. The Bertz CT molecular complexity index is 764. The molecule has 0 spiro atoms. The number of hydrogen-bond donors (Lipinski definition) is 1. The van der Waals surface area contributed by atoms with Crippen LogP contribution in [0.5, 0.6) is 5.75 Å². The normalized spacial score (nSPS) is 16.7. The number of aromatic nitrogens is 2. The number of carbonyl (C=O) groups is 1. The lowest BCUT2D eigenvalue weighted by Crippen LogP contribution is -2.31. The summed E-state index contributed by atoms with van der Waals surface area (Å²) in [4.78, 5) is 16.5. The van der Waals surface area contributed by atoms with Crippen LogP contribution < -0.4 is 4.74 Å². The smallest absolute Gasteiger partial charge is 0.341 e. The number of nitrogens with zero attached hydrogens (tertiary/aromatic N) is 2. The maximum atomic E-state index is 12.0. The zero-order valence-electron chi connectivity index (χ0n) is 13.5. The summed E-state index contributed by atoms with van der Waals surface area (Å²) in [5.74, 6) is 0.339. The molecule has 0 aliphatic carbocycles. The van der Waals surface area contributed by atoms with Crippen LogP contribution in [-0.2, 0) is 22.6 Å². The van der Waals surface area contributed by atoms with E-state index in [0.29, 0.717) is 29.2 Å². The molecule has 0 unspecified atom stereocenters. The minimum absolute atomic E-state index is 0.116. The number of aliphatic hydroxyl groups excluding tert-OH is 1. The second-order valence-electron chi connectivity index (χ2n) is 5.48. The fourth-order valence-electron chi connectivity index (χ4n) is 2.73. The van der Waals surface area contributed by atoms with Crippen molar-refractivity contribution in [1.29, 1.82) is 0 Å². The highest BCUT2D eigenvalue weighted by molar-refractivity contribution is 5.99. The van der Waals surface area contributed by atoms with Gasteiger partial charge in [-0.3, -0.25) is 0 Å². The summed E-state index contributed by atoms with van der Waals surface area (Å²) in [6.45, 7) is 5.00. The molecule has 1 fully saturated rings.